The molecular formula is C25H22N2O7S2. The summed E-state index contributed by atoms with van der Waals surface area (Å²) in [5.41, 5.74) is 1.17. The van der Waals surface area contributed by atoms with E-state index in [1.807, 2.05) is 6.07 Å². The molecule has 2 unspecified atom stereocenters. The number of hydrogen-bond acceptors (Lipinski definition) is 9. The number of thioether (sulfide) groups is 1. The third kappa shape index (κ3) is 4.28. The highest BCUT2D eigenvalue weighted by Gasteiger charge is 2.56. The van der Waals surface area contributed by atoms with Crippen molar-refractivity contribution in [2.75, 3.05) is 25.2 Å². The van der Waals surface area contributed by atoms with Gasteiger partial charge in [-0.05, 0) is 48.9 Å². The second-order valence-electron chi connectivity index (χ2n) is 8.13. The number of ether oxygens (including phenoxy) is 3. The van der Waals surface area contributed by atoms with E-state index in [0.29, 0.717) is 32.7 Å². The van der Waals surface area contributed by atoms with Crippen molar-refractivity contribution in [2.45, 2.75) is 23.1 Å². The van der Waals surface area contributed by atoms with Crippen molar-refractivity contribution in [3.63, 3.8) is 0 Å². The van der Waals surface area contributed by atoms with Gasteiger partial charge in [0, 0.05) is 10.8 Å². The van der Waals surface area contributed by atoms with Crippen LogP contribution in [-0.4, -0.2) is 48.3 Å². The summed E-state index contributed by atoms with van der Waals surface area (Å²) in [7, 11) is 1.54. The summed E-state index contributed by atoms with van der Waals surface area (Å²) in [4.78, 5) is 55.7. The van der Waals surface area contributed by atoms with Crippen LogP contribution in [0.5, 0.6) is 11.5 Å². The molecule has 0 aliphatic carbocycles. The number of fused-ring (bicyclic) bond motifs is 2. The molecule has 2 aliphatic heterocycles. The number of methoxy groups -OCH3 is 1. The molecule has 0 radical (unpaired) electrons. The standard InChI is InChI=1S/C25H22N2O7S2/c1-3-33-17(28)12-34-16-6-4-5-13(11-16)18-19-21(35-22-20(18)36-25(31)26-22)24(30)27(23(19)29)14-7-9-15(32-2)10-8-14/h4-11,18-19,21H,3,12H2,1-2H3,(H,26,31)/t18-,19?,21?/m1/s1. The Morgan fingerprint density at radius 2 is 1.83 bits per heavy atom. The molecule has 5 rings (SSSR count). The minimum atomic E-state index is -0.719. The number of thiazole rings is 1. The normalized spacial score (nSPS) is 20.6. The monoisotopic (exact) mass is 526 g/mol. The molecule has 9 nitrogen and oxygen atoms in total. The Hall–Kier alpha value is -3.57. The molecule has 186 valence electrons. The predicted octanol–water partition coefficient (Wildman–Crippen LogP) is 3.18. The van der Waals surface area contributed by atoms with Crippen molar-refractivity contribution in [1.29, 1.82) is 0 Å². The maximum atomic E-state index is 13.8. The molecule has 2 amide bonds. The minimum Gasteiger partial charge on any atom is -0.497 e. The van der Waals surface area contributed by atoms with E-state index < -0.39 is 23.1 Å². The quantitative estimate of drug-likeness (QED) is 0.369. The number of imide groups is 1. The molecule has 2 aliphatic rings. The highest BCUT2D eigenvalue weighted by atomic mass is 32.2. The molecule has 3 atom stereocenters. The zero-order chi connectivity index (χ0) is 25.4. The van der Waals surface area contributed by atoms with Gasteiger partial charge in [-0.25, -0.2) is 9.69 Å². The van der Waals surface area contributed by atoms with Gasteiger partial charge in [-0.15, -0.1) is 0 Å². The maximum absolute atomic E-state index is 13.8. The predicted molar refractivity (Wildman–Crippen MR) is 134 cm³/mol. The highest BCUT2D eigenvalue weighted by molar-refractivity contribution is 8.00. The number of benzene rings is 2. The van der Waals surface area contributed by atoms with Crippen LogP contribution in [0.4, 0.5) is 5.69 Å². The smallest absolute Gasteiger partial charge is 0.344 e. The summed E-state index contributed by atoms with van der Waals surface area (Å²) in [6.45, 7) is 1.71. The van der Waals surface area contributed by atoms with Crippen LogP contribution in [-0.2, 0) is 19.1 Å². The number of carbonyl (C=O) groups is 3. The number of anilines is 1. The number of aromatic nitrogens is 1. The van der Waals surface area contributed by atoms with Gasteiger partial charge >= 0.3 is 10.8 Å². The van der Waals surface area contributed by atoms with E-state index in [2.05, 4.69) is 4.98 Å². The van der Waals surface area contributed by atoms with Crippen LogP contribution in [0.2, 0.25) is 0 Å². The average molecular weight is 527 g/mol. The fourth-order valence-electron chi connectivity index (χ4n) is 4.50. The third-order valence-electron chi connectivity index (χ3n) is 6.03. The summed E-state index contributed by atoms with van der Waals surface area (Å²) in [5, 5.41) is -0.113. The Bertz CT molecular complexity index is 1380. The second kappa shape index (κ2) is 9.82. The summed E-state index contributed by atoms with van der Waals surface area (Å²) < 4.78 is 15.7. The van der Waals surface area contributed by atoms with Crippen LogP contribution in [0.3, 0.4) is 0 Å². The van der Waals surface area contributed by atoms with Crippen molar-refractivity contribution < 1.29 is 28.6 Å². The lowest BCUT2D eigenvalue weighted by Crippen LogP contribution is -2.32. The van der Waals surface area contributed by atoms with Gasteiger partial charge in [0.2, 0.25) is 11.8 Å². The number of hydrogen-bond donors (Lipinski definition) is 1. The Kier molecular flexibility index (Phi) is 6.59. The lowest BCUT2D eigenvalue weighted by Gasteiger charge is -2.30. The van der Waals surface area contributed by atoms with E-state index in [1.165, 1.54) is 16.7 Å². The summed E-state index contributed by atoms with van der Waals surface area (Å²) in [6.07, 6.45) is 0. The van der Waals surface area contributed by atoms with Gasteiger partial charge in [0.1, 0.15) is 16.7 Å². The number of H-pyrrole nitrogens is 1. The number of carbonyl (C=O) groups excluding carboxylic acids is 3. The SMILES string of the molecule is CCOC(=O)COc1cccc([C@H]2c3sc(=O)[nH]c3SC3C(=O)N(c4ccc(OC)cc4)C(=O)C32)c1. The molecule has 36 heavy (non-hydrogen) atoms. The molecule has 1 saturated heterocycles. The first-order valence-corrected chi connectivity index (χ1v) is 12.9. The Labute approximate surface area is 214 Å². The van der Waals surface area contributed by atoms with Gasteiger partial charge in [-0.1, -0.05) is 35.2 Å². The van der Waals surface area contributed by atoms with E-state index >= 15 is 0 Å². The minimum absolute atomic E-state index is 0.251. The van der Waals surface area contributed by atoms with Gasteiger partial charge in [-0.2, -0.15) is 0 Å². The van der Waals surface area contributed by atoms with Crippen LogP contribution in [0.1, 0.15) is 23.3 Å². The molecular weight excluding hydrogens is 504 g/mol. The van der Waals surface area contributed by atoms with Crippen molar-refractivity contribution in [3.05, 3.63) is 68.6 Å². The first kappa shape index (κ1) is 24.1. The lowest BCUT2D eigenvalue weighted by atomic mass is 9.83. The molecule has 2 aromatic carbocycles. The van der Waals surface area contributed by atoms with Gasteiger partial charge in [0.25, 0.3) is 0 Å². The molecule has 1 N–H and O–H groups in total. The molecule has 0 bridgehead atoms. The number of nitrogens with one attached hydrogen (secondary N) is 1. The fraction of sp³-hybridized carbons (Fsp3) is 0.280. The average Bonchev–Trinajstić information content (AvgIpc) is 3.37. The second-order valence-corrected chi connectivity index (χ2v) is 10.3. The zero-order valence-corrected chi connectivity index (χ0v) is 21.0. The largest absolute Gasteiger partial charge is 0.497 e. The summed E-state index contributed by atoms with van der Waals surface area (Å²) in [6, 6.07) is 13.8. The van der Waals surface area contributed by atoms with E-state index in [1.54, 1.807) is 56.5 Å². The van der Waals surface area contributed by atoms with E-state index in [0.717, 1.165) is 11.3 Å². The van der Waals surface area contributed by atoms with Crippen molar-refractivity contribution in [2.24, 2.45) is 5.92 Å². The number of nitrogens with zero attached hydrogens (tertiary/aromatic N) is 1. The molecule has 3 heterocycles. The van der Waals surface area contributed by atoms with Crippen molar-refractivity contribution in [1.82, 2.24) is 4.98 Å². The lowest BCUT2D eigenvalue weighted by molar-refractivity contribution is -0.145. The number of esters is 1. The molecule has 0 spiro atoms. The van der Waals surface area contributed by atoms with Gasteiger partial charge in [0.15, 0.2) is 6.61 Å². The fourth-order valence-corrected chi connectivity index (χ4v) is 7.02. The van der Waals surface area contributed by atoms with Crippen LogP contribution in [0.25, 0.3) is 0 Å². The molecule has 11 heteroatoms. The van der Waals surface area contributed by atoms with Crippen LogP contribution in [0, 0.1) is 5.92 Å². The van der Waals surface area contributed by atoms with Crippen LogP contribution < -0.4 is 19.2 Å². The van der Waals surface area contributed by atoms with Gasteiger partial charge in [0.05, 0.1) is 30.3 Å². The highest BCUT2D eigenvalue weighted by Crippen LogP contribution is 2.53. The first-order chi connectivity index (χ1) is 17.4. The van der Waals surface area contributed by atoms with E-state index in [-0.39, 0.29) is 29.9 Å². The van der Waals surface area contributed by atoms with Gasteiger partial charge in [-0.3, -0.25) is 14.4 Å². The molecule has 1 fully saturated rings. The Morgan fingerprint density at radius 3 is 2.56 bits per heavy atom. The zero-order valence-electron chi connectivity index (χ0n) is 19.4. The van der Waals surface area contributed by atoms with Crippen molar-refractivity contribution in [3.8, 4) is 11.5 Å². The van der Waals surface area contributed by atoms with Crippen molar-refractivity contribution >= 4 is 46.6 Å². The third-order valence-corrected chi connectivity index (χ3v) is 8.43. The summed E-state index contributed by atoms with van der Waals surface area (Å²) >= 11 is 2.25. The van der Waals surface area contributed by atoms with Crippen LogP contribution in [0.15, 0.2) is 58.4 Å². The molecule has 0 saturated carbocycles. The molecule has 1 aromatic heterocycles. The maximum Gasteiger partial charge on any atom is 0.344 e. The number of aromatic amines is 1. The first-order valence-electron chi connectivity index (χ1n) is 11.2. The van der Waals surface area contributed by atoms with Crippen LogP contribution >= 0.6 is 23.1 Å². The number of amides is 2. The van der Waals surface area contributed by atoms with E-state index in [9.17, 15) is 19.2 Å². The van der Waals surface area contributed by atoms with E-state index in [4.69, 9.17) is 14.2 Å². The molecule has 3 aromatic rings. The number of rotatable bonds is 7. The topological polar surface area (TPSA) is 115 Å². The summed E-state index contributed by atoms with van der Waals surface area (Å²) in [5.74, 6) is -1.39. The Balaban J connectivity index is 1.52. The van der Waals surface area contributed by atoms with Gasteiger partial charge < -0.3 is 19.2 Å². The Morgan fingerprint density at radius 1 is 1.06 bits per heavy atom.